The highest BCUT2D eigenvalue weighted by Crippen LogP contribution is 2.29. The van der Waals surface area contributed by atoms with Crippen LogP contribution in [0.4, 0.5) is 5.69 Å². The monoisotopic (exact) mass is 275 g/mol. The van der Waals surface area contributed by atoms with Crippen LogP contribution in [0.2, 0.25) is 0 Å². The summed E-state index contributed by atoms with van der Waals surface area (Å²) in [6, 6.07) is 3.97. The van der Waals surface area contributed by atoms with Crippen LogP contribution in [0.1, 0.15) is 50.5 Å². The smallest absolute Gasteiger partial charge is 0.270 e. The van der Waals surface area contributed by atoms with E-state index < -0.39 is 0 Å². The van der Waals surface area contributed by atoms with Crippen molar-refractivity contribution in [3.8, 4) is 0 Å². The van der Waals surface area contributed by atoms with Crippen molar-refractivity contribution in [1.29, 1.82) is 0 Å². The summed E-state index contributed by atoms with van der Waals surface area (Å²) in [4.78, 5) is 16.5. The van der Waals surface area contributed by atoms with Gasteiger partial charge in [0, 0.05) is 24.5 Å². The van der Waals surface area contributed by atoms with Crippen molar-refractivity contribution in [3.05, 3.63) is 24.0 Å². The number of rotatable bonds is 4. The normalized spacial score (nSPS) is 26.1. The molecule has 1 fully saturated rings. The lowest BCUT2D eigenvalue weighted by molar-refractivity contribution is 0.0886. The van der Waals surface area contributed by atoms with Crippen molar-refractivity contribution >= 4 is 11.6 Å². The standard InChI is InChI=1S/C16H25N3O/c1-4-17-13-8-9-18-15(10-13)16(20)19-14-7-5-6-11(2)12(14)3/h8-12,14H,4-7H2,1-3H3,(H,17,18)(H,19,20). The molecule has 0 spiro atoms. The minimum Gasteiger partial charge on any atom is -0.385 e. The van der Waals surface area contributed by atoms with E-state index in [0.717, 1.165) is 18.7 Å². The molecule has 0 aromatic carbocycles. The van der Waals surface area contributed by atoms with Crippen LogP contribution in [0, 0.1) is 11.8 Å². The minimum absolute atomic E-state index is 0.0595. The number of nitrogens with one attached hydrogen (secondary N) is 2. The van der Waals surface area contributed by atoms with Crippen LogP contribution in [0.15, 0.2) is 18.3 Å². The van der Waals surface area contributed by atoms with E-state index in [4.69, 9.17) is 0 Å². The highest BCUT2D eigenvalue weighted by molar-refractivity contribution is 5.93. The summed E-state index contributed by atoms with van der Waals surface area (Å²) in [5, 5.41) is 6.36. The van der Waals surface area contributed by atoms with Crippen LogP contribution in [-0.2, 0) is 0 Å². The van der Waals surface area contributed by atoms with E-state index in [1.165, 1.54) is 12.8 Å². The first-order chi connectivity index (χ1) is 9.61. The average molecular weight is 275 g/mol. The second-order valence-corrected chi connectivity index (χ2v) is 5.81. The number of hydrogen-bond acceptors (Lipinski definition) is 3. The van der Waals surface area contributed by atoms with E-state index in [1.54, 1.807) is 6.20 Å². The summed E-state index contributed by atoms with van der Waals surface area (Å²) in [5.41, 5.74) is 1.44. The van der Waals surface area contributed by atoms with Gasteiger partial charge in [0.05, 0.1) is 0 Å². The van der Waals surface area contributed by atoms with Gasteiger partial charge in [-0.15, -0.1) is 0 Å². The summed E-state index contributed by atoms with van der Waals surface area (Å²) in [5.74, 6) is 1.15. The van der Waals surface area contributed by atoms with E-state index in [-0.39, 0.29) is 11.9 Å². The molecule has 1 aliphatic carbocycles. The highest BCUT2D eigenvalue weighted by atomic mass is 16.1. The second kappa shape index (κ2) is 6.73. The van der Waals surface area contributed by atoms with E-state index in [9.17, 15) is 4.79 Å². The zero-order chi connectivity index (χ0) is 14.5. The first-order valence-electron chi connectivity index (χ1n) is 7.62. The fraction of sp³-hybridized carbons (Fsp3) is 0.625. The Morgan fingerprint density at radius 2 is 2.20 bits per heavy atom. The minimum atomic E-state index is -0.0595. The number of pyridine rings is 1. The van der Waals surface area contributed by atoms with Crippen molar-refractivity contribution in [3.63, 3.8) is 0 Å². The first kappa shape index (κ1) is 14.8. The molecule has 1 amide bonds. The van der Waals surface area contributed by atoms with E-state index in [2.05, 4.69) is 29.5 Å². The van der Waals surface area contributed by atoms with Gasteiger partial charge < -0.3 is 10.6 Å². The summed E-state index contributed by atoms with van der Waals surface area (Å²) in [6.45, 7) is 7.37. The Morgan fingerprint density at radius 3 is 2.95 bits per heavy atom. The largest absolute Gasteiger partial charge is 0.385 e. The van der Waals surface area contributed by atoms with Crippen LogP contribution in [-0.4, -0.2) is 23.5 Å². The third-order valence-corrected chi connectivity index (χ3v) is 4.40. The Labute approximate surface area is 121 Å². The predicted octanol–water partition coefficient (Wildman–Crippen LogP) is 3.07. The van der Waals surface area contributed by atoms with Gasteiger partial charge in [-0.25, -0.2) is 0 Å². The van der Waals surface area contributed by atoms with Gasteiger partial charge in [0.1, 0.15) is 5.69 Å². The summed E-state index contributed by atoms with van der Waals surface area (Å²) >= 11 is 0. The lowest BCUT2D eigenvalue weighted by Crippen LogP contribution is -2.43. The molecule has 20 heavy (non-hydrogen) atoms. The molecule has 0 radical (unpaired) electrons. The maximum atomic E-state index is 12.3. The van der Waals surface area contributed by atoms with E-state index in [0.29, 0.717) is 17.5 Å². The molecule has 1 aromatic heterocycles. The van der Waals surface area contributed by atoms with Crippen LogP contribution >= 0.6 is 0 Å². The van der Waals surface area contributed by atoms with Crippen molar-refractivity contribution in [1.82, 2.24) is 10.3 Å². The molecule has 1 aromatic rings. The number of anilines is 1. The summed E-state index contributed by atoms with van der Waals surface area (Å²) < 4.78 is 0. The Bertz CT molecular complexity index is 461. The third-order valence-electron chi connectivity index (χ3n) is 4.40. The Morgan fingerprint density at radius 1 is 1.40 bits per heavy atom. The maximum Gasteiger partial charge on any atom is 0.270 e. The molecule has 0 aliphatic heterocycles. The highest BCUT2D eigenvalue weighted by Gasteiger charge is 2.28. The van der Waals surface area contributed by atoms with Gasteiger partial charge in [0.15, 0.2) is 0 Å². The number of carbonyl (C=O) groups excluding carboxylic acids is 1. The van der Waals surface area contributed by atoms with Gasteiger partial charge in [0.2, 0.25) is 0 Å². The van der Waals surface area contributed by atoms with Crippen LogP contribution < -0.4 is 10.6 Å². The first-order valence-corrected chi connectivity index (χ1v) is 7.62. The van der Waals surface area contributed by atoms with Crippen molar-refractivity contribution < 1.29 is 4.79 Å². The molecule has 3 atom stereocenters. The Hall–Kier alpha value is -1.58. The number of hydrogen-bond donors (Lipinski definition) is 2. The summed E-state index contributed by atoms with van der Waals surface area (Å²) in [6.07, 6.45) is 5.22. The van der Waals surface area contributed by atoms with Gasteiger partial charge in [-0.2, -0.15) is 0 Å². The van der Waals surface area contributed by atoms with E-state index in [1.807, 2.05) is 19.1 Å². The molecule has 2 rings (SSSR count). The lowest BCUT2D eigenvalue weighted by Gasteiger charge is -2.34. The fourth-order valence-corrected chi connectivity index (χ4v) is 2.90. The fourth-order valence-electron chi connectivity index (χ4n) is 2.90. The number of carbonyl (C=O) groups is 1. The number of amides is 1. The van der Waals surface area contributed by atoms with Gasteiger partial charge in [-0.1, -0.05) is 26.7 Å². The zero-order valence-electron chi connectivity index (χ0n) is 12.6. The topological polar surface area (TPSA) is 54.0 Å². The molecule has 0 bridgehead atoms. The van der Waals surface area contributed by atoms with Crippen molar-refractivity contribution in [2.75, 3.05) is 11.9 Å². The maximum absolute atomic E-state index is 12.3. The molecule has 4 nitrogen and oxygen atoms in total. The van der Waals surface area contributed by atoms with Gasteiger partial charge in [-0.3, -0.25) is 9.78 Å². The molecular formula is C16H25N3O. The number of nitrogens with zero attached hydrogens (tertiary/aromatic N) is 1. The molecular weight excluding hydrogens is 250 g/mol. The zero-order valence-corrected chi connectivity index (χ0v) is 12.6. The van der Waals surface area contributed by atoms with Crippen molar-refractivity contribution in [2.45, 2.75) is 46.1 Å². The molecule has 3 unspecified atom stereocenters. The van der Waals surface area contributed by atoms with Crippen LogP contribution in [0.3, 0.4) is 0 Å². The summed E-state index contributed by atoms with van der Waals surface area (Å²) in [7, 11) is 0. The SMILES string of the molecule is CCNc1ccnc(C(=O)NC2CCCC(C)C2C)c1. The van der Waals surface area contributed by atoms with Crippen LogP contribution in [0.5, 0.6) is 0 Å². The predicted molar refractivity (Wildman–Crippen MR) is 81.8 cm³/mol. The lowest BCUT2D eigenvalue weighted by atomic mass is 9.78. The molecule has 4 heteroatoms. The van der Waals surface area contributed by atoms with Crippen molar-refractivity contribution in [2.24, 2.45) is 11.8 Å². The van der Waals surface area contributed by atoms with Crippen LogP contribution in [0.25, 0.3) is 0 Å². The third kappa shape index (κ3) is 3.50. The number of aromatic nitrogens is 1. The van der Waals surface area contributed by atoms with Gasteiger partial charge in [-0.05, 0) is 37.3 Å². The molecule has 110 valence electrons. The Balaban J connectivity index is 2.02. The average Bonchev–Trinajstić information content (AvgIpc) is 2.44. The quantitative estimate of drug-likeness (QED) is 0.888. The van der Waals surface area contributed by atoms with E-state index >= 15 is 0 Å². The Kier molecular flexibility index (Phi) is 4.99. The second-order valence-electron chi connectivity index (χ2n) is 5.81. The van der Waals surface area contributed by atoms with Gasteiger partial charge >= 0.3 is 0 Å². The molecule has 1 heterocycles. The molecule has 2 N–H and O–H groups in total. The van der Waals surface area contributed by atoms with Gasteiger partial charge in [0.25, 0.3) is 5.91 Å². The molecule has 0 saturated heterocycles. The molecule has 1 saturated carbocycles. The molecule has 1 aliphatic rings.